The van der Waals surface area contributed by atoms with Crippen LogP contribution in [0, 0.1) is 18.8 Å². The third-order valence-electron chi connectivity index (χ3n) is 4.70. The SMILES string of the molecule is Cc1cc(C(=O)NC2CC3CCC2C3)ccc1NN. The Hall–Kier alpha value is -1.55. The Morgan fingerprint density at radius 3 is 2.74 bits per heavy atom. The average molecular weight is 259 g/mol. The van der Waals surface area contributed by atoms with Crippen LogP contribution in [0.15, 0.2) is 18.2 Å². The van der Waals surface area contributed by atoms with Crippen LogP contribution < -0.4 is 16.6 Å². The van der Waals surface area contributed by atoms with Crippen molar-refractivity contribution in [3.8, 4) is 0 Å². The molecule has 4 N–H and O–H groups in total. The lowest BCUT2D eigenvalue weighted by Gasteiger charge is -2.23. The number of fused-ring (bicyclic) bond motifs is 2. The van der Waals surface area contributed by atoms with Gasteiger partial charge in [0.15, 0.2) is 0 Å². The number of hydrogen-bond acceptors (Lipinski definition) is 3. The van der Waals surface area contributed by atoms with Crippen LogP contribution in [0.3, 0.4) is 0 Å². The molecule has 1 aromatic rings. The second kappa shape index (κ2) is 4.85. The molecule has 0 aromatic heterocycles. The molecule has 1 aromatic carbocycles. The largest absolute Gasteiger partial charge is 0.349 e. The van der Waals surface area contributed by atoms with Crippen LogP contribution >= 0.6 is 0 Å². The zero-order chi connectivity index (χ0) is 13.4. The molecule has 2 bridgehead atoms. The normalized spacial score (nSPS) is 28.4. The molecule has 102 valence electrons. The van der Waals surface area contributed by atoms with E-state index in [1.165, 1.54) is 19.3 Å². The van der Waals surface area contributed by atoms with Crippen LogP contribution in [-0.2, 0) is 0 Å². The summed E-state index contributed by atoms with van der Waals surface area (Å²) in [6, 6.07) is 5.95. The highest BCUT2D eigenvalue weighted by Crippen LogP contribution is 2.44. The Morgan fingerprint density at radius 2 is 2.16 bits per heavy atom. The first-order valence-corrected chi connectivity index (χ1v) is 7.05. The van der Waals surface area contributed by atoms with Crippen LogP contribution in [0.25, 0.3) is 0 Å². The highest BCUT2D eigenvalue weighted by atomic mass is 16.1. The van der Waals surface area contributed by atoms with E-state index >= 15 is 0 Å². The van der Waals surface area contributed by atoms with Gasteiger partial charge in [-0.15, -0.1) is 0 Å². The molecule has 4 nitrogen and oxygen atoms in total. The Kier molecular flexibility index (Phi) is 3.19. The van der Waals surface area contributed by atoms with Crippen molar-refractivity contribution in [3.63, 3.8) is 0 Å². The summed E-state index contributed by atoms with van der Waals surface area (Å²) >= 11 is 0. The molecule has 2 fully saturated rings. The molecule has 3 rings (SSSR count). The molecule has 2 aliphatic rings. The van der Waals surface area contributed by atoms with E-state index in [-0.39, 0.29) is 5.91 Å². The predicted octanol–water partition coefficient (Wildman–Crippen LogP) is 2.20. The van der Waals surface area contributed by atoms with E-state index in [9.17, 15) is 4.79 Å². The second-order valence-corrected chi connectivity index (χ2v) is 5.93. The molecule has 19 heavy (non-hydrogen) atoms. The van der Waals surface area contributed by atoms with Crippen molar-refractivity contribution >= 4 is 11.6 Å². The van der Waals surface area contributed by atoms with Gasteiger partial charge in [0.05, 0.1) is 5.69 Å². The van der Waals surface area contributed by atoms with Crippen LogP contribution in [-0.4, -0.2) is 11.9 Å². The fraction of sp³-hybridized carbons (Fsp3) is 0.533. The molecule has 2 aliphatic carbocycles. The molecule has 0 spiro atoms. The predicted molar refractivity (Wildman–Crippen MR) is 75.7 cm³/mol. The van der Waals surface area contributed by atoms with Crippen molar-refractivity contribution in [3.05, 3.63) is 29.3 Å². The lowest BCUT2D eigenvalue weighted by molar-refractivity contribution is 0.0923. The van der Waals surface area contributed by atoms with Crippen molar-refractivity contribution in [2.75, 3.05) is 5.43 Å². The lowest BCUT2D eigenvalue weighted by atomic mass is 9.95. The van der Waals surface area contributed by atoms with Gasteiger partial charge in [-0.25, -0.2) is 0 Å². The van der Waals surface area contributed by atoms with E-state index in [4.69, 9.17) is 5.84 Å². The van der Waals surface area contributed by atoms with Gasteiger partial charge < -0.3 is 10.7 Å². The third-order valence-corrected chi connectivity index (χ3v) is 4.70. The van der Waals surface area contributed by atoms with Gasteiger partial charge >= 0.3 is 0 Å². The van der Waals surface area contributed by atoms with Gasteiger partial charge in [-0.1, -0.05) is 6.42 Å². The van der Waals surface area contributed by atoms with Crippen molar-refractivity contribution in [1.82, 2.24) is 5.32 Å². The summed E-state index contributed by atoms with van der Waals surface area (Å²) in [6.07, 6.45) is 5.11. The first-order chi connectivity index (χ1) is 9.17. The van der Waals surface area contributed by atoms with Crippen molar-refractivity contribution in [2.24, 2.45) is 17.7 Å². The molecule has 0 aliphatic heterocycles. The first-order valence-electron chi connectivity index (χ1n) is 7.05. The molecule has 1 amide bonds. The van der Waals surface area contributed by atoms with E-state index < -0.39 is 0 Å². The number of benzene rings is 1. The minimum absolute atomic E-state index is 0.0456. The summed E-state index contributed by atoms with van der Waals surface area (Å²) < 4.78 is 0. The quantitative estimate of drug-likeness (QED) is 0.576. The Labute approximate surface area is 113 Å². The van der Waals surface area contributed by atoms with E-state index in [1.54, 1.807) is 0 Å². The number of nitrogens with one attached hydrogen (secondary N) is 2. The zero-order valence-electron chi connectivity index (χ0n) is 11.3. The number of aryl methyl sites for hydroxylation is 1. The van der Waals surface area contributed by atoms with Gasteiger partial charge in [-0.05, 0) is 61.8 Å². The topological polar surface area (TPSA) is 67.2 Å². The summed E-state index contributed by atoms with van der Waals surface area (Å²) in [6.45, 7) is 1.95. The summed E-state index contributed by atoms with van der Waals surface area (Å²) in [5.41, 5.74) is 5.19. The molecule has 0 radical (unpaired) electrons. The number of hydrazine groups is 1. The Bertz CT molecular complexity index is 500. The number of amides is 1. The molecular weight excluding hydrogens is 238 g/mol. The van der Waals surface area contributed by atoms with Gasteiger partial charge in [-0.2, -0.15) is 0 Å². The second-order valence-electron chi connectivity index (χ2n) is 5.93. The minimum Gasteiger partial charge on any atom is -0.349 e. The number of carbonyl (C=O) groups is 1. The third kappa shape index (κ3) is 2.32. The van der Waals surface area contributed by atoms with Gasteiger partial charge in [0.25, 0.3) is 5.91 Å². The molecule has 3 unspecified atom stereocenters. The van der Waals surface area contributed by atoms with Gasteiger partial charge in [0, 0.05) is 11.6 Å². The van der Waals surface area contributed by atoms with Crippen LogP contribution in [0.1, 0.15) is 41.6 Å². The maximum atomic E-state index is 12.3. The maximum Gasteiger partial charge on any atom is 0.251 e. The smallest absolute Gasteiger partial charge is 0.251 e. The van der Waals surface area contributed by atoms with Crippen LogP contribution in [0.4, 0.5) is 5.69 Å². The standard InChI is InChI=1S/C15H21N3O/c1-9-6-12(4-5-13(9)18-16)15(19)17-14-8-10-2-3-11(14)7-10/h4-6,10-11,14,18H,2-3,7-8,16H2,1H3,(H,17,19). The monoisotopic (exact) mass is 259 g/mol. The number of carbonyl (C=O) groups excluding carboxylic acids is 1. The molecule has 4 heteroatoms. The lowest BCUT2D eigenvalue weighted by Crippen LogP contribution is -2.38. The molecule has 0 saturated heterocycles. The maximum absolute atomic E-state index is 12.3. The number of nitrogens with two attached hydrogens (primary N) is 1. The number of anilines is 1. The molecule has 0 heterocycles. The van der Waals surface area contributed by atoms with Crippen LogP contribution in [0.2, 0.25) is 0 Å². The highest BCUT2D eigenvalue weighted by Gasteiger charge is 2.40. The van der Waals surface area contributed by atoms with Gasteiger partial charge in [-0.3, -0.25) is 10.6 Å². The van der Waals surface area contributed by atoms with Gasteiger partial charge in [0.2, 0.25) is 0 Å². The summed E-state index contributed by atoms with van der Waals surface area (Å²) in [7, 11) is 0. The van der Waals surface area contributed by atoms with Crippen molar-refractivity contribution in [2.45, 2.75) is 38.6 Å². The van der Waals surface area contributed by atoms with Gasteiger partial charge in [0.1, 0.15) is 0 Å². The number of rotatable bonds is 3. The summed E-state index contributed by atoms with van der Waals surface area (Å²) in [5, 5.41) is 3.20. The Morgan fingerprint density at radius 1 is 1.32 bits per heavy atom. The minimum atomic E-state index is 0.0456. The molecular formula is C15H21N3O. The first kappa shape index (κ1) is 12.5. The van der Waals surface area contributed by atoms with Crippen molar-refractivity contribution < 1.29 is 4.79 Å². The number of hydrogen-bond donors (Lipinski definition) is 3. The summed E-state index contributed by atoms with van der Waals surface area (Å²) in [4.78, 5) is 12.3. The fourth-order valence-electron chi connectivity index (χ4n) is 3.64. The van der Waals surface area contributed by atoms with E-state index in [1.807, 2.05) is 25.1 Å². The molecule has 3 atom stereocenters. The van der Waals surface area contributed by atoms with E-state index in [2.05, 4.69) is 10.7 Å². The molecule has 2 saturated carbocycles. The van der Waals surface area contributed by atoms with Crippen molar-refractivity contribution in [1.29, 1.82) is 0 Å². The highest BCUT2D eigenvalue weighted by molar-refractivity contribution is 5.95. The van der Waals surface area contributed by atoms with Crippen LogP contribution in [0.5, 0.6) is 0 Å². The van der Waals surface area contributed by atoms with E-state index in [0.29, 0.717) is 12.0 Å². The number of nitrogen functional groups attached to an aromatic ring is 1. The van der Waals surface area contributed by atoms with E-state index in [0.717, 1.165) is 29.2 Å². The fourth-order valence-corrected chi connectivity index (χ4v) is 3.64. The Balaban J connectivity index is 1.69. The average Bonchev–Trinajstić information content (AvgIpc) is 3.00. The summed E-state index contributed by atoms with van der Waals surface area (Å²) in [5.74, 6) is 7.00. The zero-order valence-corrected chi connectivity index (χ0v) is 11.3.